The SMILES string of the molecule is CC(C)C(C)c1ccc(COC2CCOC2=O)cc1. The van der Waals surface area contributed by atoms with Crippen LogP contribution in [0.2, 0.25) is 0 Å². The molecule has 1 fully saturated rings. The number of carbonyl (C=O) groups is 1. The molecule has 3 nitrogen and oxygen atoms in total. The van der Waals surface area contributed by atoms with Gasteiger partial charge in [-0.1, -0.05) is 45.0 Å². The molecule has 1 saturated heterocycles. The van der Waals surface area contributed by atoms with E-state index in [1.165, 1.54) is 5.56 Å². The third kappa shape index (κ3) is 3.57. The summed E-state index contributed by atoms with van der Waals surface area (Å²) < 4.78 is 10.4. The van der Waals surface area contributed by atoms with Gasteiger partial charge in [-0.3, -0.25) is 0 Å². The lowest BCUT2D eigenvalue weighted by Crippen LogP contribution is -2.18. The highest BCUT2D eigenvalue weighted by atomic mass is 16.6. The fraction of sp³-hybridized carbons (Fsp3) is 0.562. The van der Waals surface area contributed by atoms with Crippen molar-refractivity contribution in [2.45, 2.75) is 45.8 Å². The summed E-state index contributed by atoms with van der Waals surface area (Å²) in [4.78, 5) is 11.3. The molecule has 1 aliphatic heterocycles. The van der Waals surface area contributed by atoms with Gasteiger partial charge >= 0.3 is 5.97 Å². The van der Waals surface area contributed by atoms with E-state index in [9.17, 15) is 4.79 Å². The molecular weight excluding hydrogens is 240 g/mol. The van der Waals surface area contributed by atoms with Crippen LogP contribution in [0.1, 0.15) is 44.2 Å². The van der Waals surface area contributed by atoms with Gasteiger partial charge in [0.25, 0.3) is 0 Å². The highest BCUT2D eigenvalue weighted by Crippen LogP contribution is 2.24. The minimum absolute atomic E-state index is 0.231. The molecule has 104 valence electrons. The quantitative estimate of drug-likeness (QED) is 0.764. The maximum Gasteiger partial charge on any atom is 0.335 e. The molecule has 2 atom stereocenters. The van der Waals surface area contributed by atoms with Crippen molar-refractivity contribution < 1.29 is 14.3 Å². The van der Waals surface area contributed by atoms with Crippen molar-refractivity contribution in [2.75, 3.05) is 6.61 Å². The standard InChI is InChI=1S/C16H22O3/c1-11(2)12(3)14-6-4-13(5-7-14)10-19-15-8-9-18-16(15)17/h4-7,11-12,15H,8-10H2,1-3H3. The molecule has 1 heterocycles. The van der Waals surface area contributed by atoms with Gasteiger partial charge in [0.1, 0.15) is 0 Å². The summed E-state index contributed by atoms with van der Waals surface area (Å²) in [5, 5.41) is 0. The van der Waals surface area contributed by atoms with E-state index in [2.05, 4.69) is 45.0 Å². The Morgan fingerprint density at radius 3 is 2.47 bits per heavy atom. The Labute approximate surface area is 114 Å². The van der Waals surface area contributed by atoms with Crippen LogP contribution in [-0.4, -0.2) is 18.7 Å². The van der Waals surface area contributed by atoms with Crippen LogP contribution in [0.4, 0.5) is 0 Å². The number of hydrogen-bond donors (Lipinski definition) is 0. The molecule has 1 aromatic carbocycles. The predicted molar refractivity (Wildman–Crippen MR) is 73.8 cm³/mol. The first-order valence-corrected chi connectivity index (χ1v) is 6.95. The number of ether oxygens (including phenoxy) is 2. The van der Waals surface area contributed by atoms with Gasteiger partial charge < -0.3 is 9.47 Å². The van der Waals surface area contributed by atoms with Gasteiger partial charge in [0.05, 0.1) is 13.2 Å². The lowest BCUT2D eigenvalue weighted by Gasteiger charge is -2.16. The van der Waals surface area contributed by atoms with Crippen LogP contribution in [0.5, 0.6) is 0 Å². The molecule has 0 spiro atoms. The van der Waals surface area contributed by atoms with Crippen molar-refractivity contribution in [1.29, 1.82) is 0 Å². The zero-order valence-electron chi connectivity index (χ0n) is 11.9. The molecular formula is C16H22O3. The average Bonchev–Trinajstić information content (AvgIpc) is 2.81. The zero-order valence-corrected chi connectivity index (χ0v) is 11.9. The van der Waals surface area contributed by atoms with Gasteiger partial charge in [-0.05, 0) is 23.0 Å². The number of benzene rings is 1. The van der Waals surface area contributed by atoms with E-state index in [0.717, 1.165) is 5.56 Å². The Morgan fingerprint density at radius 1 is 1.26 bits per heavy atom. The van der Waals surface area contributed by atoms with Crippen molar-refractivity contribution in [3.63, 3.8) is 0 Å². The molecule has 0 saturated carbocycles. The van der Waals surface area contributed by atoms with Gasteiger partial charge in [-0.2, -0.15) is 0 Å². The lowest BCUT2D eigenvalue weighted by molar-refractivity contribution is -0.147. The minimum Gasteiger partial charge on any atom is -0.464 e. The summed E-state index contributed by atoms with van der Waals surface area (Å²) in [5.41, 5.74) is 2.44. The van der Waals surface area contributed by atoms with Gasteiger partial charge in [0.2, 0.25) is 0 Å². The number of carbonyl (C=O) groups excluding carboxylic acids is 1. The summed E-state index contributed by atoms with van der Waals surface area (Å²) in [6.45, 7) is 7.65. The van der Waals surface area contributed by atoms with Crippen LogP contribution in [0.3, 0.4) is 0 Å². The van der Waals surface area contributed by atoms with E-state index in [-0.39, 0.29) is 12.1 Å². The lowest BCUT2D eigenvalue weighted by atomic mass is 9.90. The van der Waals surface area contributed by atoms with Crippen LogP contribution < -0.4 is 0 Å². The van der Waals surface area contributed by atoms with E-state index < -0.39 is 0 Å². The van der Waals surface area contributed by atoms with E-state index in [0.29, 0.717) is 31.5 Å². The maximum atomic E-state index is 11.3. The fourth-order valence-electron chi connectivity index (χ4n) is 2.13. The summed E-state index contributed by atoms with van der Waals surface area (Å²) in [6.07, 6.45) is 0.288. The summed E-state index contributed by atoms with van der Waals surface area (Å²) in [5.74, 6) is 0.959. The van der Waals surface area contributed by atoms with Crippen molar-refractivity contribution in [3.05, 3.63) is 35.4 Å². The van der Waals surface area contributed by atoms with Crippen molar-refractivity contribution in [3.8, 4) is 0 Å². The first-order chi connectivity index (χ1) is 9.08. The second kappa shape index (κ2) is 6.20. The fourth-order valence-corrected chi connectivity index (χ4v) is 2.13. The molecule has 19 heavy (non-hydrogen) atoms. The van der Waals surface area contributed by atoms with Crippen molar-refractivity contribution in [2.24, 2.45) is 5.92 Å². The highest BCUT2D eigenvalue weighted by Gasteiger charge is 2.27. The highest BCUT2D eigenvalue weighted by molar-refractivity contribution is 5.76. The Kier molecular flexibility index (Phi) is 4.59. The molecule has 0 amide bonds. The topological polar surface area (TPSA) is 35.5 Å². The van der Waals surface area contributed by atoms with Gasteiger partial charge in [-0.15, -0.1) is 0 Å². The second-order valence-electron chi connectivity index (χ2n) is 5.53. The van der Waals surface area contributed by atoms with Gasteiger partial charge in [0, 0.05) is 6.42 Å². The molecule has 2 rings (SSSR count). The van der Waals surface area contributed by atoms with E-state index in [1.807, 2.05) is 0 Å². The van der Waals surface area contributed by atoms with Gasteiger partial charge in [-0.25, -0.2) is 4.79 Å². The second-order valence-corrected chi connectivity index (χ2v) is 5.53. The Bertz CT molecular complexity index is 422. The Balaban J connectivity index is 1.90. The Hall–Kier alpha value is -1.35. The average molecular weight is 262 g/mol. The van der Waals surface area contributed by atoms with Crippen LogP contribution >= 0.6 is 0 Å². The monoisotopic (exact) mass is 262 g/mol. The smallest absolute Gasteiger partial charge is 0.335 e. The number of hydrogen-bond acceptors (Lipinski definition) is 3. The third-order valence-electron chi connectivity index (χ3n) is 3.84. The van der Waals surface area contributed by atoms with E-state index >= 15 is 0 Å². The number of esters is 1. The van der Waals surface area contributed by atoms with Crippen molar-refractivity contribution >= 4 is 5.97 Å². The largest absolute Gasteiger partial charge is 0.464 e. The summed E-state index contributed by atoms with van der Waals surface area (Å²) in [6, 6.07) is 8.45. The molecule has 0 aliphatic carbocycles. The molecule has 2 unspecified atom stereocenters. The summed E-state index contributed by atoms with van der Waals surface area (Å²) >= 11 is 0. The first kappa shape index (κ1) is 14.1. The van der Waals surface area contributed by atoms with Gasteiger partial charge in [0.15, 0.2) is 6.10 Å². The van der Waals surface area contributed by atoms with Crippen LogP contribution in [0.15, 0.2) is 24.3 Å². The summed E-state index contributed by atoms with van der Waals surface area (Å²) in [7, 11) is 0. The molecule has 1 aromatic rings. The predicted octanol–water partition coefficient (Wildman–Crippen LogP) is 3.28. The molecule has 0 aromatic heterocycles. The molecule has 0 radical (unpaired) electrons. The van der Waals surface area contributed by atoms with Crippen LogP contribution in [0.25, 0.3) is 0 Å². The molecule has 1 aliphatic rings. The molecule has 0 bridgehead atoms. The van der Waals surface area contributed by atoms with E-state index in [4.69, 9.17) is 9.47 Å². The third-order valence-corrected chi connectivity index (χ3v) is 3.84. The molecule has 0 N–H and O–H groups in total. The van der Waals surface area contributed by atoms with Crippen LogP contribution in [0, 0.1) is 5.92 Å². The maximum absolute atomic E-state index is 11.3. The van der Waals surface area contributed by atoms with Crippen LogP contribution in [-0.2, 0) is 20.9 Å². The normalized spacial score (nSPS) is 20.6. The number of rotatable bonds is 5. The number of cyclic esters (lactones) is 1. The van der Waals surface area contributed by atoms with E-state index in [1.54, 1.807) is 0 Å². The van der Waals surface area contributed by atoms with Crippen molar-refractivity contribution in [1.82, 2.24) is 0 Å². The molecule has 3 heteroatoms. The first-order valence-electron chi connectivity index (χ1n) is 6.95. The zero-order chi connectivity index (χ0) is 13.8. The minimum atomic E-state index is -0.380. The Morgan fingerprint density at radius 2 is 1.95 bits per heavy atom.